The van der Waals surface area contributed by atoms with Crippen molar-refractivity contribution in [3.05, 3.63) is 53.6 Å². The minimum Gasteiger partial charge on any atom is -0.462 e. The van der Waals surface area contributed by atoms with Gasteiger partial charge in [0.05, 0.1) is 24.3 Å². The second-order valence-electron chi connectivity index (χ2n) is 15.7. The van der Waals surface area contributed by atoms with Gasteiger partial charge in [-0.15, -0.1) is 0 Å². The fraction of sp³-hybridized carbons (Fsp3) is 0.750. The molecule has 56 heavy (non-hydrogen) atoms. The number of ether oxygens (including phenoxy) is 2. The highest BCUT2D eigenvalue weighted by Gasteiger charge is 2.28. The van der Waals surface area contributed by atoms with Gasteiger partial charge in [-0.3, -0.25) is 4.55 Å². The largest absolute Gasteiger partial charge is 0.462 e. The van der Waals surface area contributed by atoms with Crippen LogP contribution in [-0.4, -0.2) is 38.1 Å². The van der Waals surface area contributed by atoms with Crippen molar-refractivity contribution in [2.75, 3.05) is 13.2 Å². The van der Waals surface area contributed by atoms with E-state index >= 15 is 0 Å². The molecule has 0 aliphatic rings. The van der Waals surface area contributed by atoms with E-state index in [1.165, 1.54) is 147 Å². The number of carbonyl (C=O) groups is 2. The van der Waals surface area contributed by atoms with Crippen LogP contribution in [-0.2, 0) is 19.6 Å². The first-order valence-electron chi connectivity index (χ1n) is 23.1. The Balaban J connectivity index is 2.22. The highest BCUT2D eigenvalue weighted by atomic mass is 32.2. The Morgan fingerprint density at radius 2 is 0.804 bits per heavy atom. The molecule has 1 rings (SSSR count). The highest BCUT2D eigenvalue weighted by Crippen LogP contribution is 2.23. The van der Waals surface area contributed by atoms with Crippen molar-refractivity contribution < 1.29 is 32.0 Å². The van der Waals surface area contributed by atoms with Gasteiger partial charge in [-0.2, -0.15) is 8.42 Å². The summed E-state index contributed by atoms with van der Waals surface area (Å²) in [4.78, 5) is 25.4. The lowest BCUT2D eigenvalue weighted by Gasteiger charge is -2.13. The molecule has 7 nitrogen and oxygen atoms in total. The zero-order valence-electron chi connectivity index (χ0n) is 35.9. The molecular weight excluding hydrogens is 721 g/mol. The number of hydrogen-bond donors (Lipinski definition) is 1. The van der Waals surface area contributed by atoms with Crippen molar-refractivity contribution >= 4 is 22.1 Å². The maximum absolute atomic E-state index is 13.1. The van der Waals surface area contributed by atoms with Gasteiger partial charge < -0.3 is 9.47 Å². The van der Waals surface area contributed by atoms with Crippen LogP contribution in [0.3, 0.4) is 0 Å². The molecule has 0 radical (unpaired) electrons. The lowest BCUT2D eigenvalue weighted by atomic mass is 10.1. The first-order chi connectivity index (χ1) is 27.3. The van der Waals surface area contributed by atoms with E-state index in [-0.39, 0.29) is 18.8 Å². The van der Waals surface area contributed by atoms with Crippen molar-refractivity contribution in [1.82, 2.24) is 0 Å². The molecule has 0 aromatic heterocycles. The van der Waals surface area contributed by atoms with Crippen LogP contribution in [0.1, 0.15) is 240 Å². The number of esters is 2. The topological polar surface area (TPSA) is 107 Å². The summed E-state index contributed by atoms with van der Waals surface area (Å²) in [5, 5.41) is 0. The first-order valence-corrected chi connectivity index (χ1v) is 24.5. The zero-order valence-corrected chi connectivity index (χ0v) is 36.7. The van der Waals surface area contributed by atoms with E-state index in [2.05, 4.69) is 38.2 Å². The molecule has 1 N–H and O–H groups in total. The normalized spacial score (nSPS) is 11.9. The van der Waals surface area contributed by atoms with Gasteiger partial charge in [-0.25, -0.2) is 9.59 Å². The van der Waals surface area contributed by atoms with Crippen LogP contribution in [0.4, 0.5) is 0 Å². The van der Waals surface area contributed by atoms with Crippen molar-refractivity contribution in [2.45, 2.75) is 224 Å². The van der Waals surface area contributed by atoms with Gasteiger partial charge in [0.1, 0.15) is 4.90 Å². The van der Waals surface area contributed by atoms with Crippen LogP contribution in [0.15, 0.2) is 47.4 Å². The van der Waals surface area contributed by atoms with E-state index in [1.807, 2.05) is 0 Å². The summed E-state index contributed by atoms with van der Waals surface area (Å²) in [6, 6.07) is 3.75. The molecule has 0 spiro atoms. The van der Waals surface area contributed by atoms with Crippen molar-refractivity contribution in [3.8, 4) is 0 Å². The number of hydrogen-bond acceptors (Lipinski definition) is 6. The van der Waals surface area contributed by atoms with Crippen molar-refractivity contribution in [2.24, 2.45) is 0 Å². The van der Waals surface area contributed by atoms with Gasteiger partial charge >= 0.3 is 11.9 Å². The lowest BCUT2D eigenvalue weighted by molar-refractivity contribution is 0.0446. The van der Waals surface area contributed by atoms with Crippen LogP contribution in [0.25, 0.3) is 0 Å². The van der Waals surface area contributed by atoms with E-state index in [9.17, 15) is 22.6 Å². The Labute approximate surface area is 344 Å². The fourth-order valence-electron chi connectivity index (χ4n) is 7.01. The third-order valence-corrected chi connectivity index (χ3v) is 11.4. The third kappa shape index (κ3) is 28.9. The summed E-state index contributed by atoms with van der Waals surface area (Å²) in [5.74, 6) is -1.75. The lowest BCUT2D eigenvalue weighted by Crippen LogP contribution is -2.19. The van der Waals surface area contributed by atoms with E-state index in [0.29, 0.717) is 12.8 Å². The van der Waals surface area contributed by atoms with E-state index < -0.39 is 32.5 Å². The average Bonchev–Trinajstić information content (AvgIpc) is 3.18. The number of benzene rings is 1. The highest BCUT2D eigenvalue weighted by molar-refractivity contribution is 7.86. The molecule has 0 amide bonds. The number of unbranched alkanes of at least 4 members (excludes halogenated alkanes) is 28. The Morgan fingerprint density at radius 3 is 1.16 bits per heavy atom. The second-order valence-corrected chi connectivity index (χ2v) is 17.1. The minimum atomic E-state index is -4.77. The first kappa shape index (κ1) is 51.6. The van der Waals surface area contributed by atoms with Crippen LogP contribution in [0, 0.1) is 0 Å². The molecule has 0 fully saturated rings. The Morgan fingerprint density at radius 1 is 0.482 bits per heavy atom. The summed E-state index contributed by atoms with van der Waals surface area (Å²) < 4.78 is 44.9. The molecule has 0 aliphatic heterocycles. The Hall–Kier alpha value is -2.45. The number of allylic oxidation sites excluding steroid dienone is 4. The van der Waals surface area contributed by atoms with Crippen molar-refractivity contribution in [1.29, 1.82) is 0 Å². The van der Waals surface area contributed by atoms with Gasteiger partial charge in [-0.1, -0.05) is 185 Å². The van der Waals surface area contributed by atoms with Gasteiger partial charge in [0.2, 0.25) is 0 Å². The molecular formula is C48H82O7S. The molecule has 0 aliphatic carbocycles. The third-order valence-electron chi connectivity index (χ3n) is 10.5. The summed E-state index contributed by atoms with van der Waals surface area (Å²) in [5.41, 5.74) is -0.685. The quantitative estimate of drug-likeness (QED) is 0.0306. The molecule has 0 atom stereocenters. The predicted octanol–water partition coefficient (Wildman–Crippen LogP) is 14.9. The van der Waals surface area contributed by atoms with E-state index in [1.54, 1.807) is 0 Å². The van der Waals surface area contributed by atoms with Gasteiger partial charge in [-0.05, 0) is 76.3 Å². The van der Waals surface area contributed by atoms with Crippen molar-refractivity contribution in [3.63, 3.8) is 0 Å². The molecule has 8 heteroatoms. The van der Waals surface area contributed by atoms with Crippen LogP contribution >= 0.6 is 0 Å². The smallest absolute Gasteiger partial charge is 0.340 e. The summed E-state index contributed by atoms with van der Waals surface area (Å²) >= 11 is 0. The summed E-state index contributed by atoms with van der Waals surface area (Å²) in [7, 11) is -4.77. The van der Waals surface area contributed by atoms with Gasteiger partial charge in [0.25, 0.3) is 10.1 Å². The summed E-state index contributed by atoms with van der Waals surface area (Å²) in [6.07, 6.45) is 47.7. The van der Waals surface area contributed by atoms with Crippen LogP contribution < -0.4 is 0 Å². The minimum absolute atomic E-state index is 0.101. The predicted molar refractivity (Wildman–Crippen MR) is 234 cm³/mol. The Kier molecular flexibility index (Phi) is 33.9. The maximum atomic E-state index is 13.1. The molecule has 1 aromatic rings. The average molecular weight is 803 g/mol. The number of rotatable bonds is 39. The monoisotopic (exact) mass is 803 g/mol. The molecule has 0 heterocycles. The number of carbonyl (C=O) groups excluding carboxylic acids is 2. The zero-order chi connectivity index (χ0) is 40.8. The molecule has 0 saturated heterocycles. The fourth-order valence-corrected chi connectivity index (χ4v) is 7.71. The van der Waals surface area contributed by atoms with Crippen LogP contribution in [0.2, 0.25) is 0 Å². The maximum Gasteiger partial charge on any atom is 0.340 e. The van der Waals surface area contributed by atoms with Gasteiger partial charge in [0, 0.05) is 0 Å². The molecule has 0 saturated carbocycles. The van der Waals surface area contributed by atoms with E-state index in [4.69, 9.17) is 9.47 Å². The van der Waals surface area contributed by atoms with Gasteiger partial charge in [0.15, 0.2) is 0 Å². The summed E-state index contributed by atoms with van der Waals surface area (Å²) in [6.45, 7) is 4.79. The molecule has 0 unspecified atom stereocenters. The molecule has 0 bridgehead atoms. The second kappa shape index (κ2) is 36.9. The molecule has 322 valence electrons. The standard InChI is InChI=1S/C48H82O7S/c1-3-5-7-9-11-13-15-17-19-21-23-25-27-29-31-33-35-37-42-54-47(49)44-40-39-41-45(56(51,52)53)46(44)48(50)55-43-38-36-34-32-30-28-26-24-22-20-18-16-14-12-10-8-6-4-2/h21-24,39-41H,3-20,25-38,42-43H2,1-2H3,(H,51,52,53)/b23-21+,24-22+. The SMILES string of the molecule is CCCCCCCCCC/C=C/CCCCCCCCOC(=O)c1cccc(S(=O)(=O)O)c1C(=O)OCCCCCCCC/C=C/CCCCCCCCCC. The Bertz CT molecular complexity index is 1270. The van der Waals surface area contributed by atoms with Crippen LogP contribution in [0.5, 0.6) is 0 Å². The van der Waals surface area contributed by atoms with E-state index in [0.717, 1.165) is 63.9 Å². The molecule has 1 aromatic carbocycles.